The Morgan fingerprint density at radius 3 is 1.39 bits per heavy atom. The minimum atomic E-state index is -0.763. The number of hydrogen-bond acceptors (Lipinski definition) is 6. The lowest BCUT2D eigenvalue weighted by Crippen LogP contribution is -2.57. The van der Waals surface area contributed by atoms with Crippen LogP contribution in [0, 0.1) is 0 Å². The molecule has 1 heterocycles. The first-order chi connectivity index (χ1) is 13.7. The van der Waals surface area contributed by atoms with Crippen LogP contribution in [0.1, 0.15) is 25.0 Å². The van der Waals surface area contributed by atoms with Crippen molar-refractivity contribution in [3.05, 3.63) is 71.8 Å². The predicted molar refractivity (Wildman–Crippen MR) is 104 cm³/mol. The van der Waals surface area contributed by atoms with E-state index in [4.69, 9.17) is 9.47 Å². The molecule has 2 aromatic carbocycles. The number of ether oxygens (including phenoxy) is 2. The van der Waals surface area contributed by atoms with Crippen LogP contribution in [0.4, 0.5) is 9.59 Å². The van der Waals surface area contributed by atoms with Crippen LogP contribution in [0.3, 0.4) is 0 Å². The van der Waals surface area contributed by atoms with E-state index in [0.717, 1.165) is 10.0 Å². The SMILES string of the molecule is CCOC(=O)N1C(c2ccccc2)=NN=C(c2ccccc2)N1C(=O)OCC. The molecule has 144 valence electrons. The summed E-state index contributed by atoms with van der Waals surface area (Å²) in [7, 11) is 0. The van der Waals surface area contributed by atoms with Gasteiger partial charge in [0, 0.05) is 11.1 Å². The maximum absolute atomic E-state index is 12.8. The van der Waals surface area contributed by atoms with Crippen LogP contribution in [0.25, 0.3) is 0 Å². The number of benzene rings is 2. The molecule has 0 atom stereocenters. The second-order valence-electron chi connectivity index (χ2n) is 5.60. The summed E-state index contributed by atoms with van der Waals surface area (Å²) >= 11 is 0. The molecule has 0 radical (unpaired) electrons. The summed E-state index contributed by atoms with van der Waals surface area (Å²) in [5.74, 6) is 0.318. The van der Waals surface area contributed by atoms with E-state index in [1.165, 1.54) is 0 Å². The van der Waals surface area contributed by atoms with Crippen LogP contribution in [-0.2, 0) is 9.47 Å². The number of carbonyl (C=O) groups excluding carboxylic acids is 2. The lowest BCUT2D eigenvalue weighted by Gasteiger charge is -2.35. The number of amidine groups is 2. The van der Waals surface area contributed by atoms with E-state index in [2.05, 4.69) is 10.2 Å². The first-order valence-electron chi connectivity index (χ1n) is 8.87. The van der Waals surface area contributed by atoms with E-state index in [0.29, 0.717) is 11.1 Å². The number of hydrogen-bond donors (Lipinski definition) is 0. The normalized spacial score (nSPS) is 13.5. The molecular weight excluding hydrogens is 360 g/mol. The quantitative estimate of drug-likeness (QED) is 0.811. The summed E-state index contributed by atoms with van der Waals surface area (Å²) in [6.07, 6.45) is -1.53. The van der Waals surface area contributed by atoms with Gasteiger partial charge in [0.05, 0.1) is 13.2 Å². The van der Waals surface area contributed by atoms with Crippen LogP contribution in [0.5, 0.6) is 0 Å². The van der Waals surface area contributed by atoms with Crippen molar-refractivity contribution in [1.82, 2.24) is 10.0 Å². The van der Waals surface area contributed by atoms with Gasteiger partial charge in [-0.25, -0.2) is 9.59 Å². The van der Waals surface area contributed by atoms with Gasteiger partial charge in [0.15, 0.2) is 11.7 Å². The van der Waals surface area contributed by atoms with Gasteiger partial charge in [0.2, 0.25) is 0 Å². The lowest BCUT2D eigenvalue weighted by atomic mass is 10.2. The maximum Gasteiger partial charge on any atom is 0.435 e. The maximum atomic E-state index is 12.8. The Morgan fingerprint density at radius 1 is 0.714 bits per heavy atom. The number of nitrogens with zero attached hydrogens (tertiary/aromatic N) is 4. The molecular formula is C20H20N4O4. The summed E-state index contributed by atoms with van der Waals surface area (Å²) in [4.78, 5) is 25.6. The third-order valence-corrected chi connectivity index (χ3v) is 3.79. The molecule has 0 bridgehead atoms. The molecule has 2 aromatic rings. The van der Waals surface area contributed by atoms with Crippen LogP contribution in [-0.4, -0.2) is 47.1 Å². The summed E-state index contributed by atoms with van der Waals surface area (Å²) in [5, 5.41) is 10.5. The van der Waals surface area contributed by atoms with Gasteiger partial charge in [-0.3, -0.25) is 0 Å². The minimum Gasteiger partial charge on any atom is -0.448 e. The second kappa shape index (κ2) is 8.81. The van der Waals surface area contributed by atoms with Crippen LogP contribution in [0.2, 0.25) is 0 Å². The molecule has 8 heteroatoms. The smallest absolute Gasteiger partial charge is 0.435 e. The van der Waals surface area contributed by atoms with Crippen LogP contribution >= 0.6 is 0 Å². The standard InChI is InChI=1S/C20H20N4O4/c1-3-27-19(25)23-17(15-11-7-5-8-12-15)21-22-18(16-13-9-6-10-14-16)24(23)20(26)28-4-2/h5-14H,3-4H2,1-2H3. The van der Waals surface area contributed by atoms with Crippen molar-refractivity contribution in [2.45, 2.75) is 13.8 Å². The fraction of sp³-hybridized carbons (Fsp3) is 0.200. The Labute approximate surface area is 162 Å². The number of rotatable bonds is 4. The molecule has 0 saturated heterocycles. The molecule has 28 heavy (non-hydrogen) atoms. The van der Waals surface area contributed by atoms with Crippen molar-refractivity contribution >= 4 is 23.9 Å². The first kappa shape index (κ1) is 19.1. The minimum absolute atomic E-state index is 0.131. The second-order valence-corrected chi connectivity index (χ2v) is 5.60. The van der Waals surface area contributed by atoms with Crippen molar-refractivity contribution in [1.29, 1.82) is 0 Å². The van der Waals surface area contributed by atoms with Gasteiger partial charge in [-0.15, -0.1) is 10.2 Å². The highest BCUT2D eigenvalue weighted by Gasteiger charge is 2.40. The van der Waals surface area contributed by atoms with Crippen LogP contribution < -0.4 is 0 Å². The molecule has 0 saturated carbocycles. The van der Waals surface area contributed by atoms with Crippen molar-refractivity contribution in [2.75, 3.05) is 13.2 Å². The molecule has 3 rings (SSSR count). The van der Waals surface area contributed by atoms with Crippen LogP contribution in [0.15, 0.2) is 70.9 Å². The number of amides is 2. The largest absolute Gasteiger partial charge is 0.448 e. The Hall–Kier alpha value is -3.68. The Kier molecular flexibility index (Phi) is 6.01. The zero-order valence-corrected chi connectivity index (χ0v) is 15.6. The van der Waals surface area contributed by atoms with E-state index in [9.17, 15) is 9.59 Å². The molecule has 0 fully saturated rings. The predicted octanol–water partition coefficient (Wildman–Crippen LogP) is 3.64. The number of hydrazine groups is 1. The summed E-state index contributed by atoms with van der Waals surface area (Å²) in [5.41, 5.74) is 1.20. The van der Waals surface area contributed by atoms with E-state index in [-0.39, 0.29) is 24.9 Å². The van der Waals surface area contributed by atoms with Gasteiger partial charge in [-0.2, -0.15) is 10.0 Å². The van der Waals surface area contributed by atoms with E-state index in [1.807, 2.05) is 12.1 Å². The average molecular weight is 380 g/mol. The molecule has 0 spiro atoms. The van der Waals surface area contributed by atoms with Gasteiger partial charge in [-0.05, 0) is 13.8 Å². The van der Waals surface area contributed by atoms with Gasteiger partial charge < -0.3 is 9.47 Å². The fourth-order valence-corrected chi connectivity index (χ4v) is 2.61. The van der Waals surface area contributed by atoms with Crippen molar-refractivity contribution < 1.29 is 19.1 Å². The highest BCUT2D eigenvalue weighted by atomic mass is 16.6. The Morgan fingerprint density at radius 2 is 1.07 bits per heavy atom. The van der Waals surface area contributed by atoms with E-state index in [1.54, 1.807) is 62.4 Å². The molecule has 0 N–H and O–H groups in total. The van der Waals surface area contributed by atoms with Crippen molar-refractivity contribution in [3.8, 4) is 0 Å². The summed E-state index contributed by atoms with van der Waals surface area (Å²) in [6.45, 7) is 3.63. The zero-order chi connectivity index (χ0) is 19.9. The Balaban J connectivity index is 2.16. The van der Waals surface area contributed by atoms with Crippen molar-refractivity contribution in [2.24, 2.45) is 10.2 Å². The molecule has 8 nitrogen and oxygen atoms in total. The molecule has 0 aromatic heterocycles. The topological polar surface area (TPSA) is 83.8 Å². The van der Waals surface area contributed by atoms with Gasteiger partial charge in [0.1, 0.15) is 0 Å². The monoisotopic (exact) mass is 380 g/mol. The van der Waals surface area contributed by atoms with Gasteiger partial charge in [0.25, 0.3) is 0 Å². The first-order valence-corrected chi connectivity index (χ1v) is 8.87. The average Bonchev–Trinajstić information content (AvgIpc) is 2.74. The molecule has 1 aliphatic rings. The van der Waals surface area contributed by atoms with Gasteiger partial charge >= 0.3 is 12.2 Å². The van der Waals surface area contributed by atoms with E-state index >= 15 is 0 Å². The van der Waals surface area contributed by atoms with E-state index < -0.39 is 12.2 Å². The highest BCUT2D eigenvalue weighted by Crippen LogP contribution is 2.21. The fourth-order valence-electron chi connectivity index (χ4n) is 2.61. The zero-order valence-electron chi connectivity index (χ0n) is 15.6. The summed E-state index contributed by atoms with van der Waals surface area (Å²) < 4.78 is 10.4. The summed E-state index contributed by atoms with van der Waals surface area (Å²) in [6, 6.07) is 17.9. The third-order valence-electron chi connectivity index (χ3n) is 3.79. The Bertz CT molecular complexity index is 821. The van der Waals surface area contributed by atoms with Gasteiger partial charge in [-0.1, -0.05) is 60.7 Å². The molecule has 0 aliphatic carbocycles. The number of carbonyl (C=O) groups is 2. The molecule has 2 amide bonds. The highest BCUT2D eigenvalue weighted by molar-refractivity contribution is 6.15. The lowest BCUT2D eigenvalue weighted by molar-refractivity contribution is 0.0514. The molecule has 0 unspecified atom stereocenters. The van der Waals surface area contributed by atoms with Crippen molar-refractivity contribution in [3.63, 3.8) is 0 Å². The third kappa shape index (κ3) is 3.85. The molecule has 1 aliphatic heterocycles.